The minimum atomic E-state index is -0.635. The lowest BCUT2D eigenvalue weighted by Gasteiger charge is -2.15. The van der Waals surface area contributed by atoms with Gasteiger partial charge in [0.05, 0.1) is 33.5 Å². The second-order valence-electron chi connectivity index (χ2n) is 4.43. The van der Waals surface area contributed by atoms with Crippen LogP contribution in [0.15, 0.2) is 21.2 Å². The Hall–Kier alpha value is -1.49. The van der Waals surface area contributed by atoms with E-state index in [2.05, 4.69) is 31.9 Å². The van der Waals surface area contributed by atoms with Crippen LogP contribution in [-0.2, 0) is 4.74 Å². The second kappa shape index (κ2) is 6.32. The van der Waals surface area contributed by atoms with Crippen molar-refractivity contribution in [2.75, 3.05) is 12.8 Å². The summed E-state index contributed by atoms with van der Waals surface area (Å²) < 4.78 is 7.56. The van der Waals surface area contributed by atoms with E-state index >= 15 is 0 Å². The zero-order chi connectivity index (χ0) is 16.6. The van der Waals surface area contributed by atoms with Gasteiger partial charge in [-0.15, -0.1) is 0 Å². The Balaban J connectivity index is 2.88. The molecule has 0 spiro atoms. The lowest BCUT2D eigenvalue weighted by Crippen LogP contribution is -2.12. The van der Waals surface area contributed by atoms with Gasteiger partial charge in [0.25, 0.3) is 0 Å². The van der Waals surface area contributed by atoms with Gasteiger partial charge in [-0.1, -0.05) is 11.6 Å². The number of nitrogens with zero attached hydrogens (tertiary/aromatic N) is 2. The zero-order valence-electron chi connectivity index (χ0n) is 11.6. The van der Waals surface area contributed by atoms with Crippen molar-refractivity contribution in [2.45, 2.75) is 6.92 Å². The number of hydrogen-bond acceptors (Lipinski definition) is 4. The van der Waals surface area contributed by atoms with Gasteiger partial charge in [-0.25, -0.2) is 4.79 Å². The predicted octanol–water partition coefficient (Wildman–Crippen LogP) is 4.20. The molecule has 1 heterocycles. The van der Waals surface area contributed by atoms with Gasteiger partial charge in [-0.3, -0.25) is 0 Å². The Bertz CT molecular complexity index is 825. The van der Waals surface area contributed by atoms with Crippen molar-refractivity contribution in [2.24, 2.45) is 0 Å². The molecule has 1 aromatic carbocycles. The summed E-state index contributed by atoms with van der Waals surface area (Å²) in [6.45, 7) is 1.85. The summed E-state index contributed by atoms with van der Waals surface area (Å²) >= 11 is 13.0. The number of aromatic nitrogens is 1. The molecule has 1 aromatic heterocycles. The quantitative estimate of drug-likeness (QED) is 0.553. The molecule has 0 aliphatic heterocycles. The molecule has 0 atom stereocenters. The van der Waals surface area contributed by atoms with Crippen molar-refractivity contribution in [1.82, 2.24) is 4.57 Å². The summed E-state index contributed by atoms with van der Waals surface area (Å²) in [6, 6.07) is 3.77. The number of rotatable bonds is 2. The molecule has 2 aromatic rings. The third kappa shape index (κ3) is 2.62. The molecular formula is C14H10Br2ClN3O2. The van der Waals surface area contributed by atoms with E-state index in [0.717, 1.165) is 5.56 Å². The smallest absolute Gasteiger partial charge is 0.357 e. The van der Waals surface area contributed by atoms with E-state index in [1.807, 2.05) is 19.1 Å². The first kappa shape index (κ1) is 16.9. The Morgan fingerprint density at radius 1 is 1.50 bits per heavy atom. The number of carbonyl (C=O) groups excluding carboxylic acids is 1. The van der Waals surface area contributed by atoms with Crippen molar-refractivity contribution in [3.63, 3.8) is 0 Å². The number of hydrogen-bond donors (Lipinski definition) is 1. The van der Waals surface area contributed by atoms with Gasteiger partial charge in [-0.05, 0) is 50.4 Å². The number of methoxy groups -OCH3 is 1. The molecule has 0 radical (unpaired) electrons. The Labute approximate surface area is 148 Å². The first-order valence-electron chi connectivity index (χ1n) is 5.97. The lowest BCUT2D eigenvalue weighted by atomic mass is 10.2. The number of nitrogens with two attached hydrogens (primary N) is 1. The SMILES string of the molecule is COC(=O)c1c(N)c(C#N)cn1-c1c(C)cc(Br)c(Cl)c1Br. The van der Waals surface area contributed by atoms with Crippen LogP contribution in [0.1, 0.15) is 21.6 Å². The van der Waals surface area contributed by atoms with Gasteiger partial charge < -0.3 is 15.0 Å². The third-order valence-electron chi connectivity index (χ3n) is 3.11. The van der Waals surface area contributed by atoms with Gasteiger partial charge in [0.15, 0.2) is 5.69 Å². The van der Waals surface area contributed by atoms with Gasteiger partial charge in [0.1, 0.15) is 6.07 Å². The summed E-state index contributed by atoms with van der Waals surface area (Å²) in [5.74, 6) is -0.635. The summed E-state index contributed by atoms with van der Waals surface area (Å²) in [5.41, 5.74) is 7.67. The highest BCUT2D eigenvalue weighted by molar-refractivity contribution is 9.11. The molecule has 0 aliphatic carbocycles. The monoisotopic (exact) mass is 445 g/mol. The largest absolute Gasteiger partial charge is 0.464 e. The Morgan fingerprint density at radius 2 is 2.14 bits per heavy atom. The number of benzene rings is 1. The fourth-order valence-electron chi connectivity index (χ4n) is 2.09. The van der Waals surface area contributed by atoms with Crippen molar-refractivity contribution >= 4 is 55.1 Å². The van der Waals surface area contributed by atoms with Crippen LogP contribution in [0.25, 0.3) is 5.69 Å². The summed E-state index contributed by atoms with van der Waals surface area (Å²) in [7, 11) is 1.25. The topological polar surface area (TPSA) is 81.0 Å². The molecule has 0 unspecified atom stereocenters. The van der Waals surface area contributed by atoms with Crippen LogP contribution >= 0.6 is 43.5 Å². The number of aryl methyl sites for hydroxylation is 1. The van der Waals surface area contributed by atoms with Crippen LogP contribution in [0.2, 0.25) is 5.02 Å². The highest BCUT2D eigenvalue weighted by atomic mass is 79.9. The number of carbonyl (C=O) groups is 1. The maximum atomic E-state index is 12.0. The normalized spacial score (nSPS) is 10.4. The van der Waals surface area contributed by atoms with Crippen LogP contribution in [0.3, 0.4) is 0 Å². The molecule has 0 saturated heterocycles. The Kier molecular flexibility index (Phi) is 4.85. The van der Waals surface area contributed by atoms with Gasteiger partial charge in [0, 0.05) is 10.7 Å². The van der Waals surface area contributed by atoms with E-state index in [-0.39, 0.29) is 16.9 Å². The number of nitrogen functional groups attached to an aromatic ring is 1. The average molecular weight is 448 g/mol. The molecule has 114 valence electrons. The highest BCUT2D eigenvalue weighted by Gasteiger charge is 2.24. The molecule has 8 heteroatoms. The number of esters is 1. The minimum Gasteiger partial charge on any atom is -0.464 e. The molecule has 2 rings (SSSR count). The molecule has 2 N–H and O–H groups in total. The molecule has 0 bridgehead atoms. The van der Waals surface area contributed by atoms with Crippen molar-refractivity contribution in [1.29, 1.82) is 5.26 Å². The van der Waals surface area contributed by atoms with E-state index in [0.29, 0.717) is 19.7 Å². The van der Waals surface area contributed by atoms with E-state index < -0.39 is 5.97 Å². The summed E-state index contributed by atoms with van der Waals surface area (Å²) in [6.07, 6.45) is 1.49. The predicted molar refractivity (Wildman–Crippen MR) is 91.4 cm³/mol. The fraction of sp³-hybridized carbons (Fsp3) is 0.143. The van der Waals surface area contributed by atoms with Crippen LogP contribution in [0.4, 0.5) is 5.69 Å². The summed E-state index contributed by atoms with van der Waals surface area (Å²) in [5, 5.41) is 9.60. The van der Waals surface area contributed by atoms with Crippen LogP contribution < -0.4 is 5.73 Å². The molecule has 0 amide bonds. The molecule has 0 aliphatic rings. The van der Waals surface area contributed by atoms with Crippen LogP contribution in [0.5, 0.6) is 0 Å². The maximum Gasteiger partial charge on any atom is 0.357 e. The number of ether oxygens (including phenoxy) is 1. The van der Waals surface area contributed by atoms with E-state index in [1.165, 1.54) is 17.9 Å². The van der Waals surface area contributed by atoms with Gasteiger partial charge >= 0.3 is 5.97 Å². The van der Waals surface area contributed by atoms with E-state index in [1.54, 1.807) is 0 Å². The van der Waals surface area contributed by atoms with Crippen LogP contribution in [0, 0.1) is 18.3 Å². The standard InChI is InChI=1S/C14H10Br2ClN3O2/c1-6-3-8(15)10(17)9(16)12(6)20-5-7(4-18)11(19)13(20)14(21)22-2/h3,5H,19H2,1-2H3. The minimum absolute atomic E-state index is 0.0692. The molecule has 0 fully saturated rings. The van der Waals surface area contributed by atoms with Crippen molar-refractivity contribution in [3.05, 3.63) is 43.1 Å². The van der Waals surface area contributed by atoms with Crippen LogP contribution in [-0.4, -0.2) is 17.6 Å². The van der Waals surface area contributed by atoms with E-state index in [4.69, 9.17) is 27.3 Å². The summed E-state index contributed by atoms with van der Waals surface area (Å²) in [4.78, 5) is 12.0. The molecular weight excluding hydrogens is 437 g/mol. The Morgan fingerprint density at radius 3 is 2.68 bits per heavy atom. The fourth-order valence-corrected chi connectivity index (χ4v) is 3.76. The van der Waals surface area contributed by atoms with Crippen molar-refractivity contribution < 1.29 is 9.53 Å². The van der Waals surface area contributed by atoms with Crippen molar-refractivity contribution in [3.8, 4) is 11.8 Å². The molecule has 0 saturated carbocycles. The third-order valence-corrected chi connectivity index (χ3v) is 5.36. The number of halogens is 3. The zero-order valence-corrected chi connectivity index (χ0v) is 15.5. The number of anilines is 1. The first-order chi connectivity index (χ1) is 10.3. The van der Waals surface area contributed by atoms with E-state index in [9.17, 15) is 4.79 Å². The number of nitriles is 1. The molecule has 22 heavy (non-hydrogen) atoms. The average Bonchev–Trinajstić information content (AvgIpc) is 2.80. The second-order valence-corrected chi connectivity index (χ2v) is 6.46. The molecule has 5 nitrogen and oxygen atoms in total. The lowest BCUT2D eigenvalue weighted by molar-refractivity contribution is 0.0593. The first-order valence-corrected chi connectivity index (χ1v) is 7.93. The van der Waals surface area contributed by atoms with Gasteiger partial charge in [-0.2, -0.15) is 5.26 Å². The van der Waals surface area contributed by atoms with Gasteiger partial charge in [0.2, 0.25) is 0 Å². The maximum absolute atomic E-state index is 12.0. The highest BCUT2D eigenvalue weighted by Crippen LogP contribution is 2.39.